The second-order valence-electron chi connectivity index (χ2n) is 4.18. The van der Waals surface area contributed by atoms with Crippen molar-refractivity contribution in [3.05, 3.63) is 65.5 Å². The number of hydrogen-bond acceptors (Lipinski definition) is 3. The molecule has 5 heteroatoms. The van der Waals surface area contributed by atoms with Crippen LogP contribution in [0.3, 0.4) is 0 Å². The number of rotatable bonds is 5. The van der Waals surface area contributed by atoms with Gasteiger partial charge in [0.25, 0.3) is 0 Å². The molecule has 3 N–H and O–H groups in total. The first kappa shape index (κ1) is 13.9. The Hall–Kier alpha value is -2.56. The molecule has 0 aliphatic heterocycles. The molecule has 20 heavy (non-hydrogen) atoms. The molecule has 0 atom stereocenters. The minimum Gasteiger partial charge on any atom is -0.492 e. The van der Waals surface area contributed by atoms with E-state index < -0.39 is 5.82 Å². The second-order valence-corrected chi connectivity index (χ2v) is 4.18. The third-order valence-corrected chi connectivity index (χ3v) is 2.83. The number of amidine groups is 1. The summed E-state index contributed by atoms with van der Waals surface area (Å²) in [5.74, 6) is -0.633. The van der Waals surface area contributed by atoms with Crippen molar-refractivity contribution in [2.45, 2.75) is 6.42 Å². The Bertz CT molecular complexity index is 600. The first-order valence-electron chi connectivity index (χ1n) is 6.15. The fourth-order valence-electron chi connectivity index (χ4n) is 1.85. The lowest BCUT2D eigenvalue weighted by molar-refractivity contribution is 0.312. The van der Waals surface area contributed by atoms with E-state index in [1.165, 1.54) is 12.1 Å². The van der Waals surface area contributed by atoms with Crippen LogP contribution in [0.1, 0.15) is 11.1 Å². The number of benzene rings is 2. The highest BCUT2D eigenvalue weighted by atomic mass is 19.1. The van der Waals surface area contributed by atoms with Crippen LogP contribution in [0.15, 0.2) is 53.7 Å². The van der Waals surface area contributed by atoms with Gasteiger partial charge in [0.2, 0.25) is 0 Å². The Morgan fingerprint density at radius 3 is 2.60 bits per heavy atom. The summed E-state index contributed by atoms with van der Waals surface area (Å²) in [6.07, 6.45) is 0.687. The van der Waals surface area contributed by atoms with E-state index in [-0.39, 0.29) is 17.1 Å². The molecule has 2 rings (SSSR count). The number of halogens is 1. The van der Waals surface area contributed by atoms with E-state index in [0.29, 0.717) is 13.0 Å². The van der Waals surface area contributed by atoms with E-state index >= 15 is 0 Å². The minimum atomic E-state index is -0.586. The lowest BCUT2D eigenvalue weighted by Crippen LogP contribution is -2.17. The highest BCUT2D eigenvalue weighted by Gasteiger charge is 2.14. The van der Waals surface area contributed by atoms with Crippen LogP contribution in [0.25, 0.3) is 0 Å². The van der Waals surface area contributed by atoms with Crippen molar-refractivity contribution >= 4 is 5.84 Å². The molecular formula is C15H15FN2O2. The van der Waals surface area contributed by atoms with E-state index in [1.54, 1.807) is 6.07 Å². The van der Waals surface area contributed by atoms with Crippen LogP contribution >= 0.6 is 0 Å². The number of hydrogen-bond donors (Lipinski definition) is 2. The van der Waals surface area contributed by atoms with Gasteiger partial charge in [-0.05, 0) is 17.7 Å². The van der Waals surface area contributed by atoms with E-state index in [4.69, 9.17) is 15.7 Å². The summed E-state index contributed by atoms with van der Waals surface area (Å²) in [6, 6.07) is 14.1. The molecule has 0 bridgehead atoms. The average molecular weight is 274 g/mol. The number of oxime groups is 1. The quantitative estimate of drug-likeness (QED) is 0.381. The summed E-state index contributed by atoms with van der Waals surface area (Å²) in [6.45, 7) is 0.374. The van der Waals surface area contributed by atoms with Crippen molar-refractivity contribution in [2.75, 3.05) is 6.61 Å². The molecule has 0 spiro atoms. The molecule has 0 aliphatic carbocycles. The van der Waals surface area contributed by atoms with Crippen molar-refractivity contribution in [3.63, 3.8) is 0 Å². The van der Waals surface area contributed by atoms with Gasteiger partial charge < -0.3 is 15.7 Å². The third-order valence-electron chi connectivity index (χ3n) is 2.83. The van der Waals surface area contributed by atoms with Crippen molar-refractivity contribution < 1.29 is 14.3 Å². The van der Waals surface area contributed by atoms with Gasteiger partial charge in [0.1, 0.15) is 11.6 Å². The lowest BCUT2D eigenvalue weighted by Gasteiger charge is -2.11. The molecular weight excluding hydrogens is 259 g/mol. The van der Waals surface area contributed by atoms with Crippen LogP contribution < -0.4 is 10.5 Å². The second kappa shape index (κ2) is 6.56. The fraction of sp³-hybridized carbons (Fsp3) is 0.133. The van der Waals surface area contributed by atoms with Crippen molar-refractivity contribution in [2.24, 2.45) is 10.9 Å². The minimum absolute atomic E-state index is 0.0249. The van der Waals surface area contributed by atoms with E-state index in [0.717, 1.165) is 5.56 Å². The maximum Gasteiger partial charge on any atom is 0.176 e. The molecule has 0 aromatic heterocycles. The van der Waals surface area contributed by atoms with Crippen LogP contribution in [0, 0.1) is 5.82 Å². The zero-order valence-corrected chi connectivity index (χ0v) is 10.8. The zero-order valence-electron chi connectivity index (χ0n) is 10.8. The van der Waals surface area contributed by atoms with Crippen molar-refractivity contribution in [1.29, 1.82) is 0 Å². The van der Waals surface area contributed by atoms with E-state index in [1.807, 2.05) is 30.3 Å². The maximum absolute atomic E-state index is 13.7. The van der Waals surface area contributed by atoms with Gasteiger partial charge in [-0.15, -0.1) is 0 Å². The van der Waals surface area contributed by atoms with E-state index in [9.17, 15) is 4.39 Å². The molecule has 0 fully saturated rings. The number of ether oxygens (including phenoxy) is 1. The summed E-state index contributed by atoms with van der Waals surface area (Å²) < 4.78 is 19.2. The van der Waals surface area contributed by atoms with Gasteiger partial charge in [0, 0.05) is 6.42 Å². The first-order valence-corrected chi connectivity index (χ1v) is 6.15. The molecule has 0 unspecified atom stereocenters. The summed E-state index contributed by atoms with van der Waals surface area (Å²) in [7, 11) is 0. The highest BCUT2D eigenvalue weighted by molar-refractivity contribution is 5.99. The highest BCUT2D eigenvalue weighted by Crippen LogP contribution is 2.21. The predicted octanol–water partition coefficient (Wildman–Crippen LogP) is 2.54. The molecule has 0 saturated heterocycles. The molecule has 0 heterocycles. The van der Waals surface area contributed by atoms with Crippen LogP contribution in [0.4, 0.5) is 4.39 Å². The summed E-state index contributed by atoms with van der Waals surface area (Å²) in [4.78, 5) is 0. The maximum atomic E-state index is 13.7. The SMILES string of the molecule is N/C(=N\O)c1c(F)cccc1OCCc1ccccc1. The average Bonchev–Trinajstić information content (AvgIpc) is 2.48. The molecule has 4 nitrogen and oxygen atoms in total. The standard InChI is InChI=1S/C15H15FN2O2/c16-12-7-4-8-13(14(12)15(17)18-19)20-10-9-11-5-2-1-3-6-11/h1-8,19H,9-10H2,(H2,17,18). The van der Waals surface area contributed by atoms with Crippen LogP contribution in [0.2, 0.25) is 0 Å². The topological polar surface area (TPSA) is 67.8 Å². The monoisotopic (exact) mass is 274 g/mol. The molecule has 0 radical (unpaired) electrons. The van der Waals surface area contributed by atoms with Crippen LogP contribution in [-0.2, 0) is 6.42 Å². The normalized spacial score (nSPS) is 11.3. The van der Waals surface area contributed by atoms with E-state index in [2.05, 4.69) is 5.16 Å². The summed E-state index contributed by atoms with van der Waals surface area (Å²) in [5.41, 5.74) is 6.55. The molecule has 0 amide bonds. The van der Waals surface area contributed by atoms with Crippen molar-refractivity contribution in [1.82, 2.24) is 0 Å². The Balaban J connectivity index is 2.08. The van der Waals surface area contributed by atoms with Gasteiger partial charge in [-0.3, -0.25) is 0 Å². The van der Waals surface area contributed by atoms with Crippen molar-refractivity contribution in [3.8, 4) is 5.75 Å². The number of nitrogens with two attached hydrogens (primary N) is 1. The zero-order chi connectivity index (χ0) is 14.4. The molecule has 2 aromatic rings. The predicted molar refractivity (Wildman–Crippen MR) is 74.6 cm³/mol. The first-order chi connectivity index (χ1) is 9.72. The van der Waals surface area contributed by atoms with Gasteiger partial charge in [0.15, 0.2) is 5.84 Å². The fourth-order valence-corrected chi connectivity index (χ4v) is 1.85. The van der Waals surface area contributed by atoms with Crippen LogP contribution in [0.5, 0.6) is 5.75 Å². The van der Waals surface area contributed by atoms with Gasteiger partial charge in [0.05, 0.1) is 12.2 Å². The van der Waals surface area contributed by atoms with Gasteiger partial charge in [-0.2, -0.15) is 0 Å². The summed E-state index contributed by atoms with van der Waals surface area (Å²) in [5, 5.41) is 11.5. The smallest absolute Gasteiger partial charge is 0.176 e. The molecule has 104 valence electrons. The Morgan fingerprint density at radius 2 is 1.90 bits per heavy atom. The Labute approximate surface area is 116 Å². The molecule has 0 aliphatic rings. The number of nitrogens with zero attached hydrogens (tertiary/aromatic N) is 1. The lowest BCUT2D eigenvalue weighted by atomic mass is 10.1. The Kier molecular flexibility index (Phi) is 4.55. The Morgan fingerprint density at radius 1 is 1.15 bits per heavy atom. The third kappa shape index (κ3) is 3.26. The largest absolute Gasteiger partial charge is 0.492 e. The molecule has 0 saturated carbocycles. The summed E-state index contributed by atoms with van der Waals surface area (Å²) >= 11 is 0. The van der Waals surface area contributed by atoms with Gasteiger partial charge in [-0.1, -0.05) is 41.6 Å². The van der Waals surface area contributed by atoms with Gasteiger partial charge >= 0.3 is 0 Å². The molecule has 2 aromatic carbocycles. The van der Waals surface area contributed by atoms with Gasteiger partial charge in [-0.25, -0.2) is 4.39 Å². The van der Waals surface area contributed by atoms with Crippen LogP contribution in [-0.4, -0.2) is 17.6 Å².